The third kappa shape index (κ3) is 6.88. The van der Waals surface area contributed by atoms with E-state index in [1.807, 2.05) is 0 Å². The lowest BCUT2D eigenvalue weighted by Crippen LogP contribution is -2.27. The van der Waals surface area contributed by atoms with Crippen LogP contribution in [0.4, 0.5) is 0 Å². The second-order valence-electron chi connectivity index (χ2n) is 5.29. The van der Waals surface area contributed by atoms with Gasteiger partial charge in [-0.1, -0.05) is 11.6 Å². The summed E-state index contributed by atoms with van der Waals surface area (Å²) in [6.45, 7) is 3.23. The molecule has 0 bridgehead atoms. The quantitative estimate of drug-likeness (QED) is 0.631. The van der Waals surface area contributed by atoms with E-state index >= 15 is 0 Å². The van der Waals surface area contributed by atoms with Crippen LogP contribution in [0.25, 0.3) is 0 Å². The zero-order chi connectivity index (χ0) is 19.0. The van der Waals surface area contributed by atoms with Gasteiger partial charge in [-0.15, -0.1) is 0 Å². The molecule has 9 heteroatoms. The van der Waals surface area contributed by atoms with E-state index in [1.165, 1.54) is 19.2 Å². The molecule has 1 rings (SSSR count). The van der Waals surface area contributed by atoms with Gasteiger partial charge in [0.25, 0.3) is 11.8 Å². The Morgan fingerprint density at radius 2 is 1.96 bits per heavy atom. The van der Waals surface area contributed by atoms with E-state index in [1.54, 1.807) is 13.8 Å². The second kappa shape index (κ2) is 9.73. The third-order valence-electron chi connectivity index (χ3n) is 2.83. The topological polar surface area (TPSA) is 117 Å². The number of rotatable bonds is 9. The summed E-state index contributed by atoms with van der Waals surface area (Å²) >= 11 is 6.07. The highest BCUT2D eigenvalue weighted by Gasteiger charge is 2.17. The van der Waals surface area contributed by atoms with Crippen molar-refractivity contribution in [2.45, 2.75) is 26.4 Å². The van der Waals surface area contributed by atoms with Crippen molar-refractivity contribution in [1.82, 2.24) is 5.32 Å². The van der Waals surface area contributed by atoms with Crippen LogP contribution in [0, 0.1) is 0 Å². The molecule has 0 fully saturated rings. The number of amides is 2. The van der Waals surface area contributed by atoms with Gasteiger partial charge in [-0.2, -0.15) is 0 Å². The molecule has 0 heterocycles. The maximum absolute atomic E-state index is 12.2. The summed E-state index contributed by atoms with van der Waals surface area (Å²) in [6.07, 6.45) is -0.159. The van der Waals surface area contributed by atoms with Crippen LogP contribution in [-0.2, 0) is 14.3 Å². The molecule has 25 heavy (non-hydrogen) atoms. The van der Waals surface area contributed by atoms with E-state index in [9.17, 15) is 14.4 Å². The molecule has 1 aromatic rings. The summed E-state index contributed by atoms with van der Waals surface area (Å²) in [6, 6.07) is 2.77. The highest BCUT2D eigenvalue weighted by molar-refractivity contribution is 6.32. The van der Waals surface area contributed by atoms with Gasteiger partial charge in [-0.3, -0.25) is 14.4 Å². The predicted octanol–water partition coefficient (Wildman–Crippen LogP) is 1.28. The summed E-state index contributed by atoms with van der Waals surface area (Å²) in [4.78, 5) is 34.4. The third-order valence-corrected chi connectivity index (χ3v) is 3.11. The Morgan fingerprint density at radius 1 is 1.28 bits per heavy atom. The number of ether oxygens (including phenoxy) is 3. The Kier molecular flexibility index (Phi) is 8.00. The Morgan fingerprint density at radius 3 is 2.52 bits per heavy atom. The Hall–Kier alpha value is -2.48. The number of carbonyl (C=O) groups is 3. The normalized spacial score (nSPS) is 10.3. The van der Waals surface area contributed by atoms with Gasteiger partial charge < -0.3 is 25.3 Å². The second-order valence-corrected chi connectivity index (χ2v) is 5.70. The van der Waals surface area contributed by atoms with Crippen LogP contribution >= 0.6 is 11.6 Å². The molecule has 138 valence electrons. The summed E-state index contributed by atoms with van der Waals surface area (Å²) in [5.74, 6) is -1.23. The lowest BCUT2D eigenvalue weighted by molar-refractivity contribution is -0.147. The smallest absolute Gasteiger partial charge is 0.307 e. The SMILES string of the molecule is COc1cc(C(=O)NCCC(=O)OC(C)C)cc(Cl)c1OCC(N)=O. The lowest BCUT2D eigenvalue weighted by Gasteiger charge is -2.13. The largest absolute Gasteiger partial charge is 0.493 e. The molecule has 0 aliphatic rings. The minimum Gasteiger partial charge on any atom is -0.493 e. The molecule has 0 unspecified atom stereocenters. The van der Waals surface area contributed by atoms with Crippen molar-refractivity contribution in [2.75, 3.05) is 20.3 Å². The molecule has 0 atom stereocenters. The Labute approximate surface area is 150 Å². The molecule has 0 radical (unpaired) electrons. The van der Waals surface area contributed by atoms with Gasteiger partial charge in [-0.05, 0) is 26.0 Å². The zero-order valence-corrected chi connectivity index (χ0v) is 15.0. The molecule has 0 saturated carbocycles. The molecular formula is C16H21ClN2O6. The first-order chi connectivity index (χ1) is 11.7. The number of nitrogens with two attached hydrogens (primary N) is 1. The molecule has 0 aromatic heterocycles. The van der Waals surface area contributed by atoms with Crippen molar-refractivity contribution in [2.24, 2.45) is 5.73 Å². The fraction of sp³-hybridized carbons (Fsp3) is 0.438. The van der Waals surface area contributed by atoms with E-state index in [0.29, 0.717) is 0 Å². The number of halogens is 1. The molecule has 3 N–H and O–H groups in total. The number of carbonyl (C=O) groups excluding carboxylic acids is 3. The van der Waals surface area contributed by atoms with Crippen LogP contribution in [0.15, 0.2) is 12.1 Å². The van der Waals surface area contributed by atoms with E-state index in [4.69, 9.17) is 31.5 Å². The fourth-order valence-electron chi connectivity index (χ4n) is 1.84. The van der Waals surface area contributed by atoms with Crippen molar-refractivity contribution in [3.63, 3.8) is 0 Å². The van der Waals surface area contributed by atoms with Crippen LogP contribution in [0.3, 0.4) is 0 Å². The first-order valence-corrected chi connectivity index (χ1v) is 7.88. The van der Waals surface area contributed by atoms with Crippen molar-refractivity contribution in [3.05, 3.63) is 22.7 Å². The summed E-state index contributed by atoms with van der Waals surface area (Å²) in [7, 11) is 1.37. The van der Waals surface area contributed by atoms with Gasteiger partial charge in [-0.25, -0.2) is 0 Å². The molecular weight excluding hydrogens is 352 g/mol. The summed E-state index contributed by atoms with van der Waals surface area (Å²) in [5, 5.41) is 2.67. The van der Waals surface area contributed by atoms with Crippen LogP contribution < -0.4 is 20.5 Å². The lowest BCUT2D eigenvalue weighted by atomic mass is 10.2. The molecule has 0 aliphatic heterocycles. The first kappa shape index (κ1) is 20.6. The average molecular weight is 373 g/mol. The van der Waals surface area contributed by atoms with Crippen molar-refractivity contribution in [1.29, 1.82) is 0 Å². The zero-order valence-electron chi connectivity index (χ0n) is 14.3. The van der Waals surface area contributed by atoms with Gasteiger partial charge in [0.1, 0.15) is 0 Å². The summed E-state index contributed by atoms with van der Waals surface area (Å²) < 4.78 is 15.3. The molecule has 0 saturated heterocycles. The van der Waals surface area contributed by atoms with Crippen molar-refractivity contribution < 1.29 is 28.6 Å². The summed E-state index contributed by atoms with van der Waals surface area (Å²) in [5.41, 5.74) is 5.23. The van der Waals surface area contributed by atoms with Gasteiger partial charge >= 0.3 is 5.97 Å². The standard InChI is InChI=1S/C16H21ClN2O6/c1-9(2)25-14(21)4-5-19-16(22)10-6-11(17)15(12(7-10)23-3)24-8-13(18)20/h6-7,9H,4-5,8H2,1-3H3,(H2,18,20)(H,19,22). The van der Waals surface area contributed by atoms with E-state index in [-0.39, 0.29) is 47.8 Å². The number of benzene rings is 1. The number of methoxy groups -OCH3 is 1. The Balaban J connectivity index is 2.74. The molecule has 2 amide bonds. The maximum atomic E-state index is 12.2. The number of primary amides is 1. The highest BCUT2D eigenvalue weighted by Crippen LogP contribution is 2.36. The first-order valence-electron chi connectivity index (χ1n) is 7.51. The van der Waals surface area contributed by atoms with Gasteiger partial charge in [0.05, 0.1) is 24.7 Å². The van der Waals surface area contributed by atoms with Gasteiger partial charge in [0, 0.05) is 12.1 Å². The molecule has 0 spiro atoms. The van der Waals surface area contributed by atoms with Crippen molar-refractivity contribution in [3.8, 4) is 11.5 Å². The van der Waals surface area contributed by atoms with E-state index in [0.717, 1.165) is 0 Å². The van der Waals surface area contributed by atoms with E-state index in [2.05, 4.69) is 5.32 Å². The minimum atomic E-state index is -0.673. The van der Waals surface area contributed by atoms with Gasteiger partial charge in [0.15, 0.2) is 18.1 Å². The molecule has 8 nitrogen and oxygen atoms in total. The number of esters is 1. The van der Waals surface area contributed by atoms with Crippen LogP contribution in [-0.4, -0.2) is 44.1 Å². The number of nitrogens with one attached hydrogen (secondary N) is 1. The van der Waals surface area contributed by atoms with Crippen LogP contribution in [0.1, 0.15) is 30.6 Å². The average Bonchev–Trinajstić information content (AvgIpc) is 2.51. The fourth-order valence-corrected chi connectivity index (χ4v) is 2.10. The van der Waals surface area contributed by atoms with Gasteiger partial charge in [0.2, 0.25) is 0 Å². The highest BCUT2D eigenvalue weighted by atomic mass is 35.5. The number of hydrogen-bond donors (Lipinski definition) is 2. The van der Waals surface area contributed by atoms with E-state index < -0.39 is 17.8 Å². The minimum absolute atomic E-state index is 0.0502. The van der Waals surface area contributed by atoms with Crippen LogP contribution in [0.2, 0.25) is 5.02 Å². The molecule has 1 aromatic carbocycles. The Bertz CT molecular complexity index is 648. The molecule has 0 aliphatic carbocycles. The monoisotopic (exact) mass is 372 g/mol. The maximum Gasteiger partial charge on any atom is 0.307 e. The number of hydrogen-bond acceptors (Lipinski definition) is 6. The predicted molar refractivity (Wildman–Crippen MR) is 90.9 cm³/mol. The van der Waals surface area contributed by atoms with Crippen molar-refractivity contribution >= 4 is 29.4 Å². The van der Waals surface area contributed by atoms with Crippen LogP contribution in [0.5, 0.6) is 11.5 Å².